The van der Waals surface area contributed by atoms with Crippen molar-refractivity contribution in [3.63, 3.8) is 0 Å². The molecule has 0 aromatic heterocycles. The number of benzene rings is 1. The third-order valence-corrected chi connectivity index (χ3v) is 2.97. The molecule has 1 aliphatic heterocycles. The summed E-state index contributed by atoms with van der Waals surface area (Å²) in [6, 6.07) is 10.3. The van der Waals surface area contributed by atoms with Crippen molar-refractivity contribution in [2.75, 3.05) is 0 Å². The van der Waals surface area contributed by atoms with Crippen LogP contribution < -0.4 is 5.32 Å². The Bertz CT molecular complexity index is 342. The van der Waals surface area contributed by atoms with Gasteiger partial charge in [-0.15, -0.1) is 0 Å². The van der Waals surface area contributed by atoms with Gasteiger partial charge >= 0.3 is 0 Å². The van der Waals surface area contributed by atoms with Crippen LogP contribution in [0.15, 0.2) is 54.8 Å². The molecule has 2 rings (SSSR count). The van der Waals surface area contributed by atoms with Crippen LogP contribution >= 0.6 is 15.9 Å². The van der Waals surface area contributed by atoms with Gasteiger partial charge < -0.3 is 5.32 Å². The van der Waals surface area contributed by atoms with E-state index in [1.807, 2.05) is 36.6 Å². The van der Waals surface area contributed by atoms with Crippen LogP contribution in [0.1, 0.15) is 5.56 Å². The Kier molecular flexibility index (Phi) is 2.23. The minimum Gasteiger partial charge on any atom is -0.369 e. The maximum absolute atomic E-state index is 3.65. The predicted octanol–water partition coefficient (Wildman–Crippen LogP) is 2.91. The second-order valence-corrected chi connectivity index (χ2v) is 4.19. The van der Waals surface area contributed by atoms with E-state index in [-0.39, 0.29) is 4.45 Å². The van der Waals surface area contributed by atoms with Crippen molar-refractivity contribution in [2.45, 2.75) is 4.45 Å². The first kappa shape index (κ1) is 8.57. The smallest absolute Gasteiger partial charge is 0.137 e. The fourth-order valence-corrected chi connectivity index (χ4v) is 1.87. The van der Waals surface area contributed by atoms with Crippen molar-refractivity contribution >= 4 is 15.9 Å². The molecule has 1 heterocycles. The number of dihydropyridines is 1. The monoisotopic (exact) mass is 235 g/mol. The lowest BCUT2D eigenvalue weighted by Crippen LogP contribution is -2.31. The zero-order valence-electron chi connectivity index (χ0n) is 7.07. The SMILES string of the molecule is BrC1(c2ccccc2)C=CC=CN1. The molecule has 13 heavy (non-hydrogen) atoms. The standard InChI is InChI=1S/C11H10BrN/c12-11(8-4-5-9-13-11)10-6-2-1-3-7-10/h1-9,13H. The van der Waals surface area contributed by atoms with E-state index in [4.69, 9.17) is 0 Å². The third kappa shape index (κ3) is 1.68. The molecule has 0 bridgehead atoms. The molecule has 0 aliphatic carbocycles. The molecule has 1 nitrogen and oxygen atoms in total. The lowest BCUT2D eigenvalue weighted by Gasteiger charge is -2.26. The third-order valence-electron chi connectivity index (χ3n) is 2.02. The summed E-state index contributed by atoms with van der Waals surface area (Å²) in [4.78, 5) is 0. The summed E-state index contributed by atoms with van der Waals surface area (Å²) in [5.74, 6) is 0. The largest absolute Gasteiger partial charge is 0.369 e. The van der Waals surface area contributed by atoms with E-state index in [1.54, 1.807) is 0 Å². The van der Waals surface area contributed by atoms with Gasteiger partial charge in [-0.1, -0.05) is 52.3 Å². The van der Waals surface area contributed by atoms with E-state index in [0.29, 0.717) is 0 Å². The van der Waals surface area contributed by atoms with E-state index in [1.165, 1.54) is 5.56 Å². The Labute approximate surface area is 86.3 Å². The van der Waals surface area contributed by atoms with E-state index in [9.17, 15) is 0 Å². The fourth-order valence-electron chi connectivity index (χ4n) is 1.32. The summed E-state index contributed by atoms with van der Waals surface area (Å²) in [7, 11) is 0. The normalized spacial score (nSPS) is 25.6. The molecule has 0 saturated carbocycles. The van der Waals surface area contributed by atoms with Crippen LogP contribution in [0.5, 0.6) is 0 Å². The van der Waals surface area contributed by atoms with Gasteiger partial charge in [-0.05, 0) is 23.9 Å². The van der Waals surface area contributed by atoms with Crippen LogP contribution in [-0.2, 0) is 4.45 Å². The molecule has 0 saturated heterocycles. The number of hydrogen-bond donors (Lipinski definition) is 1. The van der Waals surface area contributed by atoms with E-state index >= 15 is 0 Å². The summed E-state index contributed by atoms with van der Waals surface area (Å²) in [6.45, 7) is 0. The fraction of sp³-hybridized carbons (Fsp3) is 0.0909. The summed E-state index contributed by atoms with van der Waals surface area (Å²) < 4.78 is -0.233. The van der Waals surface area contributed by atoms with Gasteiger partial charge in [0.05, 0.1) is 0 Å². The zero-order chi connectivity index (χ0) is 9.15. The maximum atomic E-state index is 3.65. The minimum atomic E-state index is -0.233. The first-order chi connectivity index (χ1) is 6.31. The lowest BCUT2D eigenvalue weighted by atomic mass is 10.1. The minimum absolute atomic E-state index is 0.233. The second kappa shape index (κ2) is 3.38. The zero-order valence-corrected chi connectivity index (χ0v) is 8.66. The summed E-state index contributed by atoms with van der Waals surface area (Å²) in [5, 5.41) is 3.26. The number of alkyl halides is 1. The first-order valence-electron chi connectivity index (χ1n) is 4.18. The van der Waals surface area contributed by atoms with Gasteiger partial charge in [0.15, 0.2) is 0 Å². The molecule has 0 spiro atoms. The van der Waals surface area contributed by atoms with Crippen LogP contribution in [0.25, 0.3) is 0 Å². The Balaban J connectivity index is 2.35. The van der Waals surface area contributed by atoms with Crippen molar-refractivity contribution in [3.8, 4) is 0 Å². The van der Waals surface area contributed by atoms with Crippen LogP contribution in [0.2, 0.25) is 0 Å². The quantitative estimate of drug-likeness (QED) is 0.584. The van der Waals surface area contributed by atoms with Gasteiger partial charge in [0.25, 0.3) is 0 Å². The van der Waals surface area contributed by atoms with Gasteiger partial charge in [0.1, 0.15) is 4.45 Å². The summed E-state index contributed by atoms with van der Waals surface area (Å²) >= 11 is 3.65. The highest BCUT2D eigenvalue weighted by Gasteiger charge is 2.24. The molecule has 1 unspecified atom stereocenters. The number of halogens is 1. The van der Waals surface area contributed by atoms with E-state index in [0.717, 1.165) is 0 Å². The molecule has 2 heteroatoms. The molecule has 1 aromatic rings. The molecule has 1 N–H and O–H groups in total. The van der Waals surface area contributed by atoms with Crippen molar-refractivity contribution in [1.82, 2.24) is 5.32 Å². The Morgan fingerprint density at radius 1 is 1.08 bits per heavy atom. The number of nitrogens with one attached hydrogen (secondary N) is 1. The van der Waals surface area contributed by atoms with E-state index in [2.05, 4.69) is 39.5 Å². The van der Waals surface area contributed by atoms with E-state index < -0.39 is 0 Å². The molecule has 0 fully saturated rings. The van der Waals surface area contributed by atoms with Crippen LogP contribution in [-0.4, -0.2) is 0 Å². The Morgan fingerprint density at radius 2 is 1.85 bits per heavy atom. The van der Waals surface area contributed by atoms with Crippen molar-refractivity contribution in [2.24, 2.45) is 0 Å². The summed E-state index contributed by atoms with van der Waals surface area (Å²) in [6.07, 6.45) is 8.02. The molecular weight excluding hydrogens is 226 g/mol. The highest BCUT2D eigenvalue weighted by Crippen LogP contribution is 2.31. The first-order valence-corrected chi connectivity index (χ1v) is 4.97. The topological polar surface area (TPSA) is 12.0 Å². The average Bonchev–Trinajstić information content (AvgIpc) is 2.20. The van der Waals surface area contributed by atoms with Gasteiger partial charge in [-0.25, -0.2) is 0 Å². The molecule has 1 aromatic carbocycles. The molecule has 0 radical (unpaired) electrons. The number of rotatable bonds is 1. The number of allylic oxidation sites excluding steroid dienone is 2. The molecule has 0 amide bonds. The average molecular weight is 236 g/mol. The van der Waals surface area contributed by atoms with Crippen LogP contribution in [0.3, 0.4) is 0 Å². The van der Waals surface area contributed by atoms with Gasteiger partial charge in [0.2, 0.25) is 0 Å². The van der Waals surface area contributed by atoms with Gasteiger partial charge in [-0.2, -0.15) is 0 Å². The van der Waals surface area contributed by atoms with Gasteiger partial charge in [-0.3, -0.25) is 0 Å². The predicted molar refractivity (Wildman–Crippen MR) is 58.5 cm³/mol. The van der Waals surface area contributed by atoms with Crippen molar-refractivity contribution in [1.29, 1.82) is 0 Å². The molecule has 66 valence electrons. The van der Waals surface area contributed by atoms with Crippen molar-refractivity contribution < 1.29 is 0 Å². The maximum Gasteiger partial charge on any atom is 0.137 e. The molecule has 1 atom stereocenters. The highest BCUT2D eigenvalue weighted by molar-refractivity contribution is 9.09. The van der Waals surface area contributed by atoms with Gasteiger partial charge in [0, 0.05) is 0 Å². The molecule has 1 aliphatic rings. The van der Waals surface area contributed by atoms with Crippen LogP contribution in [0, 0.1) is 0 Å². The second-order valence-electron chi connectivity index (χ2n) is 2.94. The number of hydrogen-bond acceptors (Lipinski definition) is 1. The molecular formula is C11H10BrN. The summed E-state index contributed by atoms with van der Waals surface area (Å²) in [5.41, 5.74) is 1.20. The highest BCUT2D eigenvalue weighted by atomic mass is 79.9. The lowest BCUT2D eigenvalue weighted by molar-refractivity contribution is 0.696. The Morgan fingerprint density at radius 3 is 2.46 bits per heavy atom. The van der Waals surface area contributed by atoms with Crippen LogP contribution in [0.4, 0.5) is 0 Å². The van der Waals surface area contributed by atoms with Crippen molar-refractivity contribution in [3.05, 3.63) is 60.3 Å². The Hall–Kier alpha value is -1.02.